The molecule has 0 aliphatic carbocycles. The summed E-state index contributed by atoms with van der Waals surface area (Å²) in [5.41, 5.74) is 10.9. The summed E-state index contributed by atoms with van der Waals surface area (Å²) in [6.07, 6.45) is -0.746. The molecule has 1 saturated heterocycles. The van der Waals surface area contributed by atoms with Crippen molar-refractivity contribution < 1.29 is 24.2 Å². The predicted octanol–water partition coefficient (Wildman–Crippen LogP) is -0.872. The van der Waals surface area contributed by atoms with E-state index in [0.717, 1.165) is 5.56 Å². The van der Waals surface area contributed by atoms with Gasteiger partial charge in [0.05, 0.1) is 6.10 Å². The Morgan fingerprint density at radius 1 is 1.20 bits per heavy atom. The van der Waals surface area contributed by atoms with Gasteiger partial charge in [-0.25, -0.2) is 4.79 Å². The molecule has 1 aliphatic heterocycles. The number of nitrogens with two attached hydrogens (primary N) is 1. The number of carboxylic acid groups (broad SMARTS) is 1. The number of hydrazine groups is 1. The first kappa shape index (κ1) is 18.8. The fraction of sp³-hybridized carbons (Fsp3) is 0.438. The lowest BCUT2D eigenvalue weighted by Crippen LogP contribution is -2.51. The molecule has 0 saturated carbocycles. The highest BCUT2D eigenvalue weighted by molar-refractivity contribution is 6.02. The molecule has 136 valence electrons. The summed E-state index contributed by atoms with van der Waals surface area (Å²) >= 11 is 0. The first-order valence-corrected chi connectivity index (χ1v) is 7.99. The largest absolute Gasteiger partial charge is 0.479 e. The number of ether oxygens (including phenoxy) is 1. The molecule has 25 heavy (non-hydrogen) atoms. The number of hydrogen-bond donors (Lipinski definition) is 5. The van der Waals surface area contributed by atoms with E-state index in [1.165, 1.54) is 0 Å². The van der Waals surface area contributed by atoms with Crippen LogP contribution in [0, 0.1) is 0 Å². The van der Waals surface area contributed by atoms with E-state index in [1.54, 1.807) is 24.3 Å². The van der Waals surface area contributed by atoms with Crippen molar-refractivity contribution in [1.29, 1.82) is 0 Å². The quantitative estimate of drug-likeness (QED) is 0.331. The average Bonchev–Trinajstić information content (AvgIpc) is 2.64. The average molecular weight is 350 g/mol. The highest BCUT2D eigenvalue weighted by Gasteiger charge is 2.31. The Hall–Kier alpha value is -2.49. The number of rotatable bonds is 6. The second-order valence-electron chi connectivity index (χ2n) is 5.65. The van der Waals surface area contributed by atoms with E-state index in [9.17, 15) is 19.5 Å². The highest BCUT2D eigenvalue weighted by atomic mass is 16.5. The van der Waals surface area contributed by atoms with Gasteiger partial charge in [0.15, 0.2) is 0 Å². The van der Waals surface area contributed by atoms with E-state index >= 15 is 0 Å². The predicted molar refractivity (Wildman–Crippen MR) is 88.3 cm³/mol. The molecule has 6 N–H and O–H groups in total. The summed E-state index contributed by atoms with van der Waals surface area (Å²) in [6, 6.07) is 6.50. The van der Waals surface area contributed by atoms with Crippen molar-refractivity contribution in [3.05, 3.63) is 35.4 Å². The molecule has 2 amide bonds. The molecule has 0 bridgehead atoms. The third-order valence-corrected chi connectivity index (χ3v) is 3.83. The molecule has 9 heteroatoms. The summed E-state index contributed by atoms with van der Waals surface area (Å²) in [6.45, 7) is 1.76. The number of aliphatic carboxylic acids is 1. The molecular formula is C16H22N4O5. The molecular weight excluding hydrogens is 328 g/mol. The number of piperidine rings is 1. The van der Waals surface area contributed by atoms with Gasteiger partial charge in [-0.3, -0.25) is 20.4 Å². The van der Waals surface area contributed by atoms with E-state index in [1.807, 2.05) is 0 Å². The molecule has 1 aliphatic rings. The summed E-state index contributed by atoms with van der Waals surface area (Å²) in [5.74, 6) is -2.90. The fourth-order valence-electron chi connectivity index (χ4n) is 2.40. The van der Waals surface area contributed by atoms with Crippen LogP contribution in [0.3, 0.4) is 0 Å². The van der Waals surface area contributed by atoms with Gasteiger partial charge < -0.3 is 20.9 Å². The maximum atomic E-state index is 12.0. The lowest BCUT2D eigenvalue weighted by Gasteiger charge is -2.25. The van der Waals surface area contributed by atoms with Crippen LogP contribution in [0.15, 0.2) is 24.3 Å². The Balaban J connectivity index is 1.88. The molecule has 1 atom stereocenters. The second kappa shape index (κ2) is 9.11. The van der Waals surface area contributed by atoms with Crippen molar-refractivity contribution >= 4 is 17.8 Å². The number of hydrogen-bond acceptors (Lipinski definition) is 6. The summed E-state index contributed by atoms with van der Waals surface area (Å²) in [7, 11) is 0. The molecule has 2 rings (SSSR count). The van der Waals surface area contributed by atoms with Gasteiger partial charge in [0.25, 0.3) is 11.8 Å². The lowest BCUT2D eigenvalue weighted by atomic mass is 10.1. The number of benzene rings is 1. The van der Waals surface area contributed by atoms with Gasteiger partial charge >= 0.3 is 5.97 Å². The van der Waals surface area contributed by atoms with Gasteiger partial charge in [-0.2, -0.15) is 0 Å². The zero-order chi connectivity index (χ0) is 18.2. The SMILES string of the molecule is NCc1ccc(C(=O)NNC(=O)C(OC2CCNCC2)C(=O)O)cc1. The van der Waals surface area contributed by atoms with Crippen LogP contribution in [-0.4, -0.2) is 48.2 Å². The third kappa shape index (κ3) is 5.52. The molecule has 9 nitrogen and oxygen atoms in total. The van der Waals surface area contributed by atoms with Crippen LogP contribution in [0.2, 0.25) is 0 Å². The second-order valence-corrected chi connectivity index (χ2v) is 5.65. The normalized spacial score (nSPS) is 16.0. The van der Waals surface area contributed by atoms with Gasteiger partial charge in [0.1, 0.15) is 0 Å². The van der Waals surface area contributed by atoms with E-state index in [2.05, 4.69) is 16.2 Å². The van der Waals surface area contributed by atoms with Gasteiger partial charge in [0, 0.05) is 12.1 Å². The minimum Gasteiger partial charge on any atom is -0.479 e. The van der Waals surface area contributed by atoms with Gasteiger partial charge in [-0.05, 0) is 43.6 Å². The Bertz CT molecular complexity index is 613. The molecule has 1 aromatic carbocycles. The number of nitrogens with one attached hydrogen (secondary N) is 3. The first-order valence-electron chi connectivity index (χ1n) is 7.99. The van der Waals surface area contributed by atoms with Crippen LogP contribution in [0.25, 0.3) is 0 Å². The van der Waals surface area contributed by atoms with Crippen molar-refractivity contribution in [1.82, 2.24) is 16.2 Å². The third-order valence-electron chi connectivity index (χ3n) is 3.83. The van der Waals surface area contributed by atoms with E-state index in [4.69, 9.17) is 10.5 Å². The van der Waals surface area contributed by atoms with E-state index in [-0.39, 0.29) is 6.10 Å². The summed E-state index contributed by atoms with van der Waals surface area (Å²) in [4.78, 5) is 35.3. The van der Waals surface area contributed by atoms with E-state index < -0.39 is 23.9 Å². The smallest absolute Gasteiger partial charge is 0.342 e. The van der Waals surface area contributed by atoms with Crippen molar-refractivity contribution in [2.75, 3.05) is 13.1 Å². The van der Waals surface area contributed by atoms with Crippen molar-refractivity contribution in [3.63, 3.8) is 0 Å². The molecule has 1 unspecified atom stereocenters. The van der Waals surface area contributed by atoms with Crippen molar-refractivity contribution in [2.24, 2.45) is 5.73 Å². The molecule has 1 aromatic rings. The molecule has 0 aromatic heterocycles. The topological polar surface area (TPSA) is 143 Å². The van der Waals surface area contributed by atoms with Crippen LogP contribution in [0.5, 0.6) is 0 Å². The number of carbonyl (C=O) groups excluding carboxylic acids is 2. The van der Waals surface area contributed by atoms with Crippen LogP contribution in [0.4, 0.5) is 0 Å². The minimum atomic E-state index is -1.68. The van der Waals surface area contributed by atoms with Crippen LogP contribution in [0.1, 0.15) is 28.8 Å². The molecule has 0 spiro atoms. The van der Waals surface area contributed by atoms with Crippen LogP contribution >= 0.6 is 0 Å². The standard InChI is InChI=1S/C16H22N4O5/c17-9-10-1-3-11(4-2-10)14(21)19-20-15(22)13(16(23)24)25-12-5-7-18-8-6-12/h1-4,12-13,18H,5-9,17H2,(H,19,21)(H,20,22)(H,23,24). The Kier molecular flexibility index (Phi) is 6.87. The lowest BCUT2D eigenvalue weighted by molar-refractivity contribution is -0.162. The zero-order valence-corrected chi connectivity index (χ0v) is 13.7. The summed E-state index contributed by atoms with van der Waals surface area (Å²) in [5, 5.41) is 12.3. The van der Waals surface area contributed by atoms with Crippen molar-refractivity contribution in [3.8, 4) is 0 Å². The highest BCUT2D eigenvalue weighted by Crippen LogP contribution is 2.10. The van der Waals surface area contributed by atoms with Crippen molar-refractivity contribution in [2.45, 2.75) is 31.6 Å². The molecule has 1 heterocycles. The Morgan fingerprint density at radius 3 is 2.40 bits per heavy atom. The zero-order valence-electron chi connectivity index (χ0n) is 13.7. The van der Waals surface area contributed by atoms with Crippen LogP contribution in [-0.2, 0) is 20.9 Å². The molecule has 1 fully saturated rings. The minimum absolute atomic E-state index is 0.309. The number of carbonyl (C=O) groups is 3. The van der Waals surface area contributed by atoms with E-state index in [0.29, 0.717) is 38.0 Å². The number of amides is 2. The van der Waals surface area contributed by atoms with Gasteiger partial charge in [0.2, 0.25) is 6.10 Å². The maximum absolute atomic E-state index is 12.0. The Morgan fingerprint density at radius 2 is 1.84 bits per heavy atom. The monoisotopic (exact) mass is 350 g/mol. The molecule has 0 radical (unpaired) electrons. The van der Waals surface area contributed by atoms with Crippen LogP contribution < -0.4 is 21.9 Å². The number of carboxylic acids is 1. The first-order chi connectivity index (χ1) is 12.0. The maximum Gasteiger partial charge on any atom is 0.342 e. The van der Waals surface area contributed by atoms with Gasteiger partial charge in [-0.15, -0.1) is 0 Å². The van der Waals surface area contributed by atoms with Gasteiger partial charge in [-0.1, -0.05) is 12.1 Å². The summed E-state index contributed by atoms with van der Waals surface area (Å²) < 4.78 is 5.37. The fourth-order valence-corrected chi connectivity index (χ4v) is 2.40. The Labute approximate surface area is 144 Å².